The molecule has 0 radical (unpaired) electrons. The van der Waals surface area contributed by atoms with Gasteiger partial charge in [0.05, 0.1) is 6.10 Å². The Morgan fingerprint density at radius 2 is 1.94 bits per heavy atom. The molecule has 18 heavy (non-hydrogen) atoms. The van der Waals surface area contributed by atoms with E-state index in [1.165, 1.54) is 22.0 Å². The van der Waals surface area contributed by atoms with Crippen LogP contribution >= 0.6 is 22.6 Å². The van der Waals surface area contributed by atoms with E-state index in [1.54, 1.807) is 0 Å². The van der Waals surface area contributed by atoms with E-state index < -0.39 is 0 Å². The summed E-state index contributed by atoms with van der Waals surface area (Å²) in [7, 11) is 0. The highest BCUT2D eigenvalue weighted by atomic mass is 127. The molecule has 0 aliphatic heterocycles. The maximum absolute atomic E-state index is 9.95. The lowest BCUT2D eigenvalue weighted by molar-refractivity contribution is 0.0684. The molecule has 2 rings (SSSR count). The first-order chi connectivity index (χ1) is 8.66. The van der Waals surface area contributed by atoms with Crippen LogP contribution < -0.4 is 5.32 Å². The van der Waals surface area contributed by atoms with E-state index >= 15 is 0 Å². The Morgan fingerprint density at radius 3 is 2.61 bits per heavy atom. The van der Waals surface area contributed by atoms with Gasteiger partial charge in [-0.05, 0) is 66.0 Å². The van der Waals surface area contributed by atoms with Crippen molar-refractivity contribution in [3.05, 3.63) is 33.4 Å². The van der Waals surface area contributed by atoms with Crippen LogP contribution in [0.3, 0.4) is 0 Å². The fraction of sp³-hybridized carbons (Fsp3) is 0.600. The maximum atomic E-state index is 9.95. The monoisotopic (exact) mass is 359 g/mol. The predicted octanol–water partition coefficient (Wildman–Crippen LogP) is 3.49. The van der Waals surface area contributed by atoms with Gasteiger partial charge in [-0.15, -0.1) is 0 Å². The average Bonchev–Trinajstić information content (AvgIpc) is 2.38. The van der Waals surface area contributed by atoms with Gasteiger partial charge >= 0.3 is 0 Å². The molecule has 1 aliphatic carbocycles. The van der Waals surface area contributed by atoms with Gasteiger partial charge in [-0.1, -0.05) is 25.0 Å². The smallest absolute Gasteiger partial charge is 0.0580 e. The predicted molar refractivity (Wildman–Crippen MR) is 83.5 cm³/mol. The quantitative estimate of drug-likeness (QED) is 0.807. The van der Waals surface area contributed by atoms with Crippen LogP contribution in [0.25, 0.3) is 0 Å². The number of rotatable bonds is 4. The van der Waals surface area contributed by atoms with Crippen LogP contribution in [-0.2, 0) is 0 Å². The summed E-state index contributed by atoms with van der Waals surface area (Å²) >= 11 is 2.33. The molecule has 0 heterocycles. The molecule has 3 heteroatoms. The lowest BCUT2D eigenvalue weighted by atomic mass is 9.86. The molecular weight excluding hydrogens is 337 g/mol. The van der Waals surface area contributed by atoms with E-state index in [1.807, 2.05) is 0 Å². The summed E-state index contributed by atoms with van der Waals surface area (Å²) in [6, 6.07) is 9.00. The van der Waals surface area contributed by atoms with Gasteiger partial charge in [0.15, 0.2) is 0 Å². The Morgan fingerprint density at radius 1 is 1.28 bits per heavy atom. The van der Waals surface area contributed by atoms with Crippen LogP contribution in [0.5, 0.6) is 0 Å². The molecule has 2 N–H and O–H groups in total. The molecule has 1 aromatic rings. The summed E-state index contributed by atoms with van der Waals surface area (Å²) in [6.45, 7) is 3.12. The van der Waals surface area contributed by atoms with Crippen molar-refractivity contribution in [1.29, 1.82) is 0 Å². The molecule has 3 unspecified atom stereocenters. The zero-order valence-corrected chi connectivity index (χ0v) is 13.1. The Hall–Kier alpha value is -0.130. The first kappa shape index (κ1) is 14.3. The van der Waals surface area contributed by atoms with Crippen LogP contribution in [0.2, 0.25) is 0 Å². The van der Waals surface area contributed by atoms with Crippen molar-refractivity contribution in [1.82, 2.24) is 5.32 Å². The van der Waals surface area contributed by atoms with Gasteiger partial charge in [0, 0.05) is 16.2 Å². The third-order valence-electron chi connectivity index (χ3n) is 3.93. The van der Waals surface area contributed by atoms with Crippen LogP contribution in [0.4, 0.5) is 0 Å². The normalized spacial score (nSPS) is 25.9. The van der Waals surface area contributed by atoms with Crippen molar-refractivity contribution in [2.45, 2.75) is 44.8 Å². The summed E-state index contributed by atoms with van der Waals surface area (Å²) in [5, 5.41) is 13.5. The minimum Gasteiger partial charge on any atom is -0.393 e. The Kier molecular flexibility index (Phi) is 5.45. The van der Waals surface area contributed by atoms with Gasteiger partial charge in [0.25, 0.3) is 0 Å². The fourth-order valence-electron chi connectivity index (χ4n) is 2.62. The zero-order valence-electron chi connectivity index (χ0n) is 10.9. The highest BCUT2D eigenvalue weighted by Crippen LogP contribution is 2.24. The number of nitrogens with one attached hydrogen (secondary N) is 1. The molecule has 1 aromatic carbocycles. The molecule has 0 bridgehead atoms. The number of benzene rings is 1. The van der Waals surface area contributed by atoms with Crippen molar-refractivity contribution >= 4 is 22.6 Å². The molecule has 2 nitrogen and oxygen atoms in total. The number of hydrogen-bond acceptors (Lipinski definition) is 2. The molecule has 0 amide bonds. The average molecular weight is 359 g/mol. The largest absolute Gasteiger partial charge is 0.393 e. The standard InChI is InChI=1S/C15H22INO/c1-11(12-6-8-14(16)9-7-12)17-10-13-4-2-3-5-15(13)18/h6-9,11,13,15,17-18H,2-5,10H2,1H3. The van der Waals surface area contributed by atoms with E-state index in [0.717, 1.165) is 19.4 Å². The van der Waals surface area contributed by atoms with E-state index in [4.69, 9.17) is 0 Å². The molecular formula is C15H22INO. The van der Waals surface area contributed by atoms with E-state index in [9.17, 15) is 5.11 Å². The van der Waals surface area contributed by atoms with Crippen molar-refractivity contribution in [3.63, 3.8) is 0 Å². The fourth-order valence-corrected chi connectivity index (χ4v) is 2.98. The van der Waals surface area contributed by atoms with Crippen LogP contribution in [-0.4, -0.2) is 17.8 Å². The zero-order chi connectivity index (χ0) is 13.0. The first-order valence-corrected chi connectivity index (χ1v) is 7.91. The van der Waals surface area contributed by atoms with Crippen molar-refractivity contribution in [2.24, 2.45) is 5.92 Å². The number of hydrogen-bond donors (Lipinski definition) is 2. The summed E-state index contributed by atoms with van der Waals surface area (Å²) < 4.78 is 1.27. The second-order valence-corrected chi connectivity index (χ2v) is 6.54. The minimum atomic E-state index is -0.102. The van der Waals surface area contributed by atoms with Gasteiger partial charge in [-0.3, -0.25) is 0 Å². The molecule has 0 spiro atoms. The van der Waals surface area contributed by atoms with Crippen LogP contribution in [0.1, 0.15) is 44.2 Å². The van der Waals surface area contributed by atoms with E-state index in [-0.39, 0.29) is 6.10 Å². The van der Waals surface area contributed by atoms with Gasteiger partial charge < -0.3 is 10.4 Å². The van der Waals surface area contributed by atoms with Crippen molar-refractivity contribution < 1.29 is 5.11 Å². The summed E-state index contributed by atoms with van der Waals surface area (Å²) in [5.74, 6) is 0.435. The van der Waals surface area contributed by atoms with E-state index in [0.29, 0.717) is 12.0 Å². The van der Waals surface area contributed by atoms with Crippen LogP contribution in [0.15, 0.2) is 24.3 Å². The minimum absolute atomic E-state index is 0.102. The second kappa shape index (κ2) is 6.87. The van der Waals surface area contributed by atoms with Crippen molar-refractivity contribution in [3.8, 4) is 0 Å². The van der Waals surface area contributed by atoms with Gasteiger partial charge in [-0.2, -0.15) is 0 Å². The highest BCUT2D eigenvalue weighted by molar-refractivity contribution is 14.1. The van der Waals surface area contributed by atoms with Gasteiger partial charge in [-0.25, -0.2) is 0 Å². The number of aliphatic hydroxyl groups is 1. The number of aliphatic hydroxyl groups excluding tert-OH is 1. The lowest BCUT2D eigenvalue weighted by Crippen LogP contribution is -2.34. The lowest BCUT2D eigenvalue weighted by Gasteiger charge is -2.29. The second-order valence-electron chi connectivity index (χ2n) is 5.29. The third kappa shape index (κ3) is 3.93. The molecule has 0 aromatic heterocycles. The Labute approximate surface area is 123 Å². The summed E-state index contributed by atoms with van der Waals surface area (Å²) in [5.41, 5.74) is 1.32. The molecule has 1 saturated carbocycles. The molecule has 0 saturated heterocycles. The first-order valence-electron chi connectivity index (χ1n) is 6.83. The number of halogens is 1. The van der Waals surface area contributed by atoms with Gasteiger partial charge in [0.1, 0.15) is 0 Å². The molecule has 100 valence electrons. The third-order valence-corrected chi connectivity index (χ3v) is 4.64. The Bertz CT molecular complexity index is 365. The molecule has 1 fully saturated rings. The maximum Gasteiger partial charge on any atom is 0.0580 e. The summed E-state index contributed by atoms with van der Waals surface area (Å²) in [4.78, 5) is 0. The topological polar surface area (TPSA) is 32.3 Å². The molecule has 1 aliphatic rings. The summed E-state index contributed by atoms with van der Waals surface area (Å²) in [6.07, 6.45) is 4.49. The van der Waals surface area contributed by atoms with E-state index in [2.05, 4.69) is 59.1 Å². The van der Waals surface area contributed by atoms with Crippen molar-refractivity contribution in [2.75, 3.05) is 6.54 Å². The van der Waals surface area contributed by atoms with Gasteiger partial charge in [0.2, 0.25) is 0 Å². The molecule has 3 atom stereocenters. The highest BCUT2D eigenvalue weighted by Gasteiger charge is 2.23. The van der Waals surface area contributed by atoms with Crippen LogP contribution in [0, 0.1) is 9.49 Å². The Balaban J connectivity index is 1.83. The SMILES string of the molecule is CC(NCC1CCCCC1O)c1ccc(I)cc1.